The van der Waals surface area contributed by atoms with Gasteiger partial charge in [0, 0.05) is 30.8 Å². The summed E-state index contributed by atoms with van der Waals surface area (Å²) < 4.78 is 2.03. The number of likely N-dealkylation sites (tertiary alicyclic amines) is 1. The molecule has 0 bridgehead atoms. The van der Waals surface area contributed by atoms with Crippen LogP contribution in [0.4, 0.5) is 10.5 Å². The number of carbonyl (C=O) groups excluding carboxylic acids is 1. The molecule has 0 radical (unpaired) electrons. The standard InChI is InChI=1S/C13H16BrN3O4/c1-16-7-9(14)5-10(11(16)18)15-13(21)17-4-2-3-8(6-17)12(19)20/h5,7-8H,2-4,6H2,1H3,(H,15,21)(H,19,20). The number of urea groups is 1. The van der Waals surface area contributed by atoms with Crippen LogP contribution in [0.15, 0.2) is 21.5 Å². The van der Waals surface area contributed by atoms with E-state index in [1.807, 2.05) is 0 Å². The molecule has 8 heteroatoms. The molecule has 7 nitrogen and oxygen atoms in total. The van der Waals surface area contributed by atoms with E-state index in [4.69, 9.17) is 5.11 Å². The smallest absolute Gasteiger partial charge is 0.322 e. The normalized spacial score (nSPS) is 18.4. The Morgan fingerprint density at radius 3 is 2.86 bits per heavy atom. The van der Waals surface area contributed by atoms with Crippen molar-refractivity contribution in [3.63, 3.8) is 0 Å². The molecular formula is C13H16BrN3O4. The molecule has 2 amide bonds. The van der Waals surface area contributed by atoms with Gasteiger partial charge in [-0.2, -0.15) is 0 Å². The molecule has 1 fully saturated rings. The first-order valence-electron chi connectivity index (χ1n) is 6.53. The summed E-state index contributed by atoms with van der Waals surface area (Å²) in [6.07, 6.45) is 2.80. The van der Waals surface area contributed by atoms with Crippen LogP contribution in [0.1, 0.15) is 12.8 Å². The molecule has 0 spiro atoms. The minimum atomic E-state index is -0.897. The van der Waals surface area contributed by atoms with E-state index >= 15 is 0 Å². The number of aryl methyl sites for hydroxylation is 1. The predicted octanol–water partition coefficient (Wildman–Crippen LogP) is 1.48. The highest BCUT2D eigenvalue weighted by Crippen LogP contribution is 2.18. The number of hydrogen-bond donors (Lipinski definition) is 2. The zero-order valence-corrected chi connectivity index (χ0v) is 13.1. The minimum absolute atomic E-state index is 0.161. The molecule has 0 aromatic carbocycles. The van der Waals surface area contributed by atoms with Crippen molar-refractivity contribution in [2.24, 2.45) is 13.0 Å². The molecule has 1 unspecified atom stereocenters. The van der Waals surface area contributed by atoms with Crippen LogP contribution in [-0.2, 0) is 11.8 Å². The lowest BCUT2D eigenvalue weighted by Crippen LogP contribution is -2.45. The molecule has 1 aromatic heterocycles. The Labute approximate surface area is 129 Å². The average Bonchev–Trinajstić information content (AvgIpc) is 2.44. The fraction of sp³-hybridized carbons (Fsp3) is 0.462. The molecule has 2 heterocycles. The van der Waals surface area contributed by atoms with Gasteiger partial charge in [0.05, 0.1) is 5.92 Å². The van der Waals surface area contributed by atoms with Crippen molar-refractivity contribution in [1.29, 1.82) is 0 Å². The van der Waals surface area contributed by atoms with Crippen LogP contribution in [0.5, 0.6) is 0 Å². The molecule has 0 aliphatic carbocycles. The second-order valence-electron chi connectivity index (χ2n) is 5.04. The van der Waals surface area contributed by atoms with E-state index in [0.29, 0.717) is 23.9 Å². The Bertz CT molecular complexity index is 628. The Kier molecular flexibility index (Phi) is 4.66. The number of carboxylic acids is 1. The number of nitrogens with zero attached hydrogens (tertiary/aromatic N) is 2. The Morgan fingerprint density at radius 1 is 1.48 bits per heavy atom. The first-order chi connectivity index (χ1) is 9.88. The maximum absolute atomic E-state index is 12.2. The van der Waals surface area contributed by atoms with Gasteiger partial charge in [-0.25, -0.2) is 4.79 Å². The van der Waals surface area contributed by atoms with Gasteiger partial charge in [-0.3, -0.25) is 9.59 Å². The Morgan fingerprint density at radius 2 is 2.19 bits per heavy atom. The predicted molar refractivity (Wildman–Crippen MR) is 80.3 cm³/mol. The van der Waals surface area contributed by atoms with E-state index in [1.165, 1.54) is 15.5 Å². The molecule has 1 saturated heterocycles. The zero-order valence-electron chi connectivity index (χ0n) is 11.5. The molecular weight excluding hydrogens is 342 g/mol. The van der Waals surface area contributed by atoms with E-state index in [0.717, 1.165) is 0 Å². The van der Waals surface area contributed by atoms with Crippen molar-refractivity contribution < 1.29 is 14.7 Å². The number of rotatable bonds is 2. The monoisotopic (exact) mass is 357 g/mol. The number of piperidine rings is 1. The van der Waals surface area contributed by atoms with Gasteiger partial charge in [0.15, 0.2) is 0 Å². The highest BCUT2D eigenvalue weighted by molar-refractivity contribution is 9.10. The van der Waals surface area contributed by atoms with Gasteiger partial charge in [0.2, 0.25) is 0 Å². The average molecular weight is 358 g/mol. The van der Waals surface area contributed by atoms with Crippen LogP contribution in [0.2, 0.25) is 0 Å². The van der Waals surface area contributed by atoms with E-state index in [-0.39, 0.29) is 17.8 Å². The summed E-state index contributed by atoms with van der Waals surface area (Å²) in [6.45, 7) is 0.652. The van der Waals surface area contributed by atoms with Gasteiger partial charge in [-0.05, 0) is 34.8 Å². The number of carbonyl (C=O) groups is 2. The summed E-state index contributed by atoms with van der Waals surface area (Å²) in [6, 6.07) is 1.08. The molecule has 0 saturated carbocycles. The van der Waals surface area contributed by atoms with Gasteiger partial charge in [0.25, 0.3) is 5.56 Å². The van der Waals surface area contributed by atoms with Gasteiger partial charge in [0.1, 0.15) is 5.69 Å². The third-order valence-corrected chi connectivity index (χ3v) is 3.88. The van der Waals surface area contributed by atoms with Crippen LogP contribution in [0, 0.1) is 5.92 Å². The quantitative estimate of drug-likeness (QED) is 0.838. The molecule has 2 N–H and O–H groups in total. The summed E-state index contributed by atoms with van der Waals surface area (Å²) in [5.74, 6) is -1.44. The van der Waals surface area contributed by atoms with Gasteiger partial charge >= 0.3 is 12.0 Å². The number of carboxylic acid groups (broad SMARTS) is 1. The lowest BCUT2D eigenvalue weighted by Gasteiger charge is -2.30. The van der Waals surface area contributed by atoms with E-state index in [2.05, 4.69) is 21.2 Å². The van der Waals surface area contributed by atoms with Gasteiger partial charge in [-0.1, -0.05) is 0 Å². The first kappa shape index (κ1) is 15.6. The fourth-order valence-corrected chi connectivity index (χ4v) is 2.85. The SMILES string of the molecule is Cn1cc(Br)cc(NC(=O)N2CCCC(C(=O)O)C2)c1=O. The van der Waals surface area contributed by atoms with Crippen molar-refractivity contribution in [1.82, 2.24) is 9.47 Å². The number of amides is 2. The van der Waals surface area contributed by atoms with Crippen molar-refractivity contribution in [2.75, 3.05) is 18.4 Å². The third-order valence-electron chi connectivity index (χ3n) is 3.45. The zero-order chi connectivity index (χ0) is 15.6. The van der Waals surface area contributed by atoms with Crippen molar-refractivity contribution in [2.45, 2.75) is 12.8 Å². The summed E-state index contributed by atoms with van der Waals surface area (Å²) >= 11 is 3.26. The van der Waals surface area contributed by atoms with Gasteiger partial charge in [-0.15, -0.1) is 0 Å². The van der Waals surface area contributed by atoms with Gasteiger partial charge < -0.3 is 19.9 Å². The lowest BCUT2D eigenvalue weighted by molar-refractivity contribution is -0.143. The largest absolute Gasteiger partial charge is 0.481 e. The Balaban J connectivity index is 2.11. The maximum Gasteiger partial charge on any atom is 0.322 e. The third kappa shape index (κ3) is 3.63. The number of halogens is 1. The van der Waals surface area contributed by atoms with E-state index in [1.54, 1.807) is 13.2 Å². The molecule has 1 atom stereocenters. The van der Waals surface area contributed by atoms with Crippen LogP contribution in [-0.4, -0.2) is 39.7 Å². The minimum Gasteiger partial charge on any atom is -0.481 e. The molecule has 21 heavy (non-hydrogen) atoms. The summed E-state index contributed by atoms with van der Waals surface area (Å²) in [5, 5.41) is 11.6. The van der Waals surface area contributed by atoms with Crippen LogP contribution >= 0.6 is 15.9 Å². The molecule has 2 rings (SSSR count). The number of anilines is 1. The maximum atomic E-state index is 12.2. The van der Waals surface area contributed by atoms with Crippen LogP contribution < -0.4 is 10.9 Å². The number of aromatic nitrogens is 1. The van der Waals surface area contributed by atoms with Crippen molar-refractivity contribution >= 4 is 33.6 Å². The number of pyridine rings is 1. The van der Waals surface area contributed by atoms with Crippen LogP contribution in [0.3, 0.4) is 0 Å². The molecule has 1 aliphatic heterocycles. The first-order valence-corrected chi connectivity index (χ1v) is 7.32. The molecule has 1 aromatic rings. The molecule has 1 aliphatic rings. The number of nitrogens with one attached hydrogen (secondary N) is 1. The number of aliphatic carboxylic acids is 1. The van der Waals surface area contributed by atoms with E-state index in [9.17, 15) is 14.4 Å². The summed E-state index contributed by atoms with van der Waals surface area (Å²) in [5.41, 5.74) is -0.160. The highest BCUT2D eigenvalue weighted by atomic mass is 79.9. The van der Waals surface area contributed by atoms with E-state index < -0.39 is 17.9 Å². The number of hydrogen-bond acceptors (Lipinski definition) is 3. The van der Waals surface area contributed by atoms with Crippen LogP contribution in [0.25, 0.3) is 0 Å². The summed E-state index contributed by atoms with van der Waals surface area (Å²) in [7, 11) is 1.59. The second kappa shape index (κ2) is 6.30. The topological polar surface area (TPSA) is 91.6 Å². The van der Waals surface area contributed by atoms with Crippen molar-refractivity contribution in [3.8, 4) is 0 Å². The Hall–Kier alpha value is -1.83. The lowest BCUT2D eigenvalue weighted by atomic mass is 9.99. The second-order valence-corrected chi connectivity index (χ2v) is 5.96. The highest BCUT2D eigenvalue weighted by Gasteiger charge is 2.28. The molecule has 114 valence electrons. The van der Waals surface area contributed by atoms with Crippen molar-refractivity contribution in [3.05, 3.63) is 27.1 Å². The fourth-order valence-electron chi connectivity index (χ4n) is 2.32. The summed E-state index contributed by atoms with van der Waals surface area (Å²) in [4.78, 5) is 36.5.